The van der Waals surface area contributed by atoms with E-state index in [-0.39, 0.29) is 11.5 Å². The molecule has 0 saturated carbocycles. The molecule has 0 aromatic carbocycles. The SMILES string of the molecule is Cc1ccsc1C(=O)N1CC2(C1)OCC[C@H]2CCOc1cccnc1. The first-order chi connectivity index (χ1) is 12.2. The number of nitrogens with zero attached hydrogens (tertiary/aromatic N) is 2. The van der Waals surface area contributed by atoms with Crippen LogP contribution >= 0.6 is 11.3 Å². The van der Waals surface area contributed by atoms with Gasteiger partial charge in [-0.3, -0.25) is 9.78 Å². The van der Waals surface area contributed by atoms with E-state index in [2.05, 4.69) is 4.98 Å². The summed E-state index contributed by atoms with van der Waals surface area (Å²) in [5.74, 6) is 1.38. The molecule has 0 unspecified atom stereocenters. The van der Waals surface area contributed by atoms with Crippen molar-refractivity contribution in [2.24, 2.45) is 5.92 Å². The van der Waals surface area contributed by atoms with E-state index in [9.17, 15) is 4.79 Å². The number of amides is 1. The molecule has 4 heterocycles. The Hall–Kier alpha value is -1.92. The molecule has 5 nitrogen and oxygen atoms in total. The quantitative estimate of drug-likeness (QED) is 0.824. The van der Waals surface area contributed by atoms with E-state index in [4.69, 9.17) is 9.47 Å². The maximum absolute atomic E-state index is 12.6. The van der Waals surface area contributed by atoms with Crippen LogP contribution in [0.25, 0.3) is 0 Å². The summed E-state index contributed by atoms with van der Waals surface area (Å²) in [6.07, 6.45) is 5.45. The molecule has 25 heavy (non-hydrogen) atoms. The summed E-state index contributed by atoms with van der Waals surface area (Å²) in [6, 6.07) is 5.79. The first-order valence-electron chi connectivity index (χ1n) is 8.68. The summed E-state index contributed by atoms with van der Waals surface area (Å²) in [4.78, 5) is 19.4. The Bertz CT molecular complexity index is 740. The monoisotopic (exact) mass is 358 g/mol. The number of aromatic nitrogens is 1. The van der Waals surface area contributed by atoms with Gasteiger partial charge in [-0.25, -0.2) is 0 Å². The molecule has 0 radical (unpaired) electrons. The predicted octanol–water partition coefficient (Wildman–Crippen LogP) is 3.15. The van der Waals surface area contributed by atoms with E-state index in [1.165, 1.54) is 11.3 Å². The molecule has 1 amide bonds. The fourth-order valence-corrected chi connectivity index (χ4v) is 4.66. The minimum atomic E-state index is -0.168. The maximum atomic E-state index is 12.6. The van der Waals surface area contributed by atoms with Crippen LogP contribution in [0, 0.1) is 12.8 Å². The highest BCUT2D eigenvalue weighted by atomic mass is 32.1. The Morgan fingerprint density at radius 3 is 3.08 bits per heavy atom. The largest absolute Gasteiger partial charge is 0.492 e. The lowest BCUT2D eigenvalue weighted by molar-refractivity contribution is -0.119. The highest BCUT2D eigenvalue weighted by Crippen LogP contribution is 2.42. The normalized spacial score (nSPS) is 21.3. The summed E-state index contributed by atoms with van der Waals surface area (Å²) in [6.45, 7) is 4.81. The van der Waals surface area contributed by atoms with E-state index >= 15 is 0 Å². The van der Waals surface area contributed by atoms with Crippen molar-refractivity contribution >= 4 is 17.2 Å². The lowest BCUT2D eigenvalue weighted by Crippen LogP contribution is -2.66. The number of hydrogen-bond donors (Lipinski definition) is 0. The van der Waals surface area contributed by atoms with Crippen LogP contribution in [-0.2, 0) is 4.74 Å². The van der Waals surface area contributed by atoms with Gasteiger partial charge in [0.1, 0.15) is 11.4 Å². The molecule has 4 rings (SSSR count). The van der Waals surface area contributed by atoms with Crippen molar-refractivity contribution in [3.05, 3.63) is 46.4 Å². The first kappa shape index (κ1) is 16.5. The zero-order chi connectivity index (χ0) is 17.3. The average Bonchev–Trinajstić information content (AvgIpc) is 3.20. The van der Waals surface area contributed by atoms with Crippen LogP contribution in [0.2, 0.25) is 0 Å². The van der Waals surface area contributed by atoms with E-state index in [1.807, 2.05) is 35.4 Å². The van der Waals surface area contributed by atoms with Crippen LogP contribution in [0.15, 0.2) is 36.0 Å². The number of carbonyl (C=O) groups is 1. The number of pyridine rings is 1. The number of hydrogen-bond acceptors (Lipinski definition) is 5. The Morgan fingerprint density at radius 2 is 2.36 bits per heavy atom. The molecule has 0 bridgehead atoms. The van der Waals surface area contributed by atoms with Gasteiger partial charge in [0.2, 0.25) is 0 Å². The van der Waals surface area contributed by atoms with Gasteiger partial charge in [-0.15, -0.1) is 11.3 Å². The molecule has 0 aliphatic carbocycles. The summed E-state index contributed by atoms with van der Waals surface area (Å²) in [5, 5.41) is 1.97. The highest BCUT2D eigenvalue weighted by Gasteiger charge is 2.54. The zero-order valence-electron chi connectivity index (χ0n) is 14.3. The van der Waals surface area contributed by atoms with Crippen LogP contribution in [0.3, 0.4) is 0 Å². The molecule has 1 atom stereocenters. The summed E-state index contributed by atoms with van der Waals surface area (Å²) < 4.78 is 11.8. The Kier molecular flexibility index (Phi) is 4.48. The Labute approximate surface area is 151 Å². The standard InChI is InChI=1S/C19H22N2O3S/c1-14-6-10-25-17(14)18(22)21-12-19(13-21)15(5-9-24-19)4-8-23-16-3-2-7-20-11-16/h2-3,6-7,10-11,15H,4-5,8-9,12-13H2,1H3/t15-/m1/s1. The van der Waals surface area contributed by atoms with Gasteiger partial charge in [0.05, 0.1) is 30.8 Å². The van der Waals surface area contributed by atoms with E-state index in [0.29, 0.717) is 25.6 Å². The van der Waals surface area contributed by atoms with Crippen LogP contribution in [-0.4, -0.2) is 47.7 Å². The van der Waals surface area contributed by atoms with Gasteiger partial charge in [-0.2, -0.15) is 0 Å². The Morgan fingerprint density at radius 1 is 1.48 bits per heavy atom. The van der Waals surface area contributed by atoms with Crippen molar-refractivity contribution in [1.29, 1.82) is 0 Å². The van der Waals surface area contributed by atoms with Crippen LogP contribution in [0.5, 0.6) is 5.75 Å². The van der Waals surface area contributed by atoms with Crippen molar-refractivity contribution in [1.82, 2.24) is 9.88 Å². The molecule has 2 aromatic heterocycles. The van der Waals surface area contributed by atoms with Crippen molar-refractivity contribution in [3.63, 3.8) is 0 Å². The van der Waals surface area contributed by atoms with E-state index in [1.54, 1.807) is 12.4 Å². The zero-order valence-corrected chi connectivity index (χ0v) is 15.1. The molecule has 2 aliphatic heterocycles. The van der Waals surface area contributed by atoms with Gasteiger partial charge >= 0.3 is 0 Å². The van der Waals surface area contributed by atoms with Crippen molar-refractivity contribution < 1.29 is 14.3 Å². The summed E-state index contributed by atoms with van der Waals surface area (Å²) >= 11 is 1.52. The van der Waals surface area contributed by atoms with Crippen LogP contribution in [0.4, 0.5) is 0 Å². The van der Waals surface area contributed by atoms with E-state index < -0.39 is 0 Å². The van der Waals surface area contributed by atoms with Gasteiger partial charge in [0.15, 0.2) is 0 Å². The van der Waals surface area contributed by atoms with Gasteiger partial charge < -0.3 is 14.4 Å². The summed E-state index contributed by atoms with van der Waals surface area (Å²) in [5.41, 5.74) is 0.892. The fourth-order valence-electron chi connectivity index (χ4n) is 3.77. The molecule has 1 spiro atoms. The third-order valence-electron chi connectivity index (χ3n) is 5.23. The molecule has 2 saturated heterocycles. The summed E-state index contributed by atoms with van der Waals surface area (Å²) in [7, 11) is 0. The number of ether oxygens (including phenoxy) is 2. The van der Waals surface area contributed by atoms with Gasteiger partial charge in [-0.05, 0) is 54.8 Å². The number of thiophene rings is 1. The molecule has 2 fully saturated rings. The number of rotatable bonds is 5. The van der Waals surface area contributed by atoms with Crippen molar-refractivity contribution in [3.8, 4) is 5.75 Å². The van der Waals surface area contributed by atoms with Gasteiger partial charge in [-0.1, -0.05) is 0 Å². The predicted molar refractivity (Wildman–Crippen MR) is 96.1 cm³/mol. The number of aryl methyl sites for hydroxylation is 1. The third kappa shape index (κ3) is 3.16. The topological polar surface area (TPSA) is 51.7 Å². The average molecular weight is 358 g/mol. The van der Waals surface area contributed by atoms with Crippen molar-refractivity contribution in [2.75, 3.05) is 26.3 Å². The van der Waals surface area contributed by atoms with Crippen molar-refractivity contribution in [2.45, 2.75) is 25.4 Å². The van der Waals surface area contributed by atoms with Crippen LogP contribution < -0.4 is 4.74 Å². The minimum Gasteiger partial charge on any atom is -0.492 e. The fraction of sp³-hybridized carbons (Fsp3) is 0.474. The van der Waals surface area contributed by atoms with Gasteiger partial charge in [0, 0.05) is 12.8 Å². The number of likely N-dealkylation sites (tertiary alicyclic amines) is 1. The van der Waals surface area contributed by atoms with Gasteiger partial charge in [0.25, 0.3) is 5.91 Å². The Balaban J connectivity index is 1.32. The smallest absolute Gasteiger partial charge is 0.264 e. The maximum Gasteiger partial charge on any atom is 0.264 e. The second-order valence-electron chi connectivity index (χ2n) is 6.82. The lowest BCUT2D eigenvalue weighted by Gasteiger charge is -2.50. The lowest BCUT2D eigenvalue weighted by atomic mass is 9.79. The molecule has 2 aromatic rings. The van der Waals surface area contributed by atoms with Crippen LogP contribution in [0.1, 0.15) is 28.1 Å². The first-order valence-corrected chi connectivity index (χ1v) is 9.56. The molecule has 2 aliphatic rings. The number of carbonyl (C=O) groups excluding carboxylic acids is 1. The molecule has 132 valence electrons. The molecular formula is C19H22N2O3S. The second kappa shape index (κ2) is 6.77. The molecular weight excluding hydrogens is 336 g/mol. The molecule has 0 N–H and O–H groups in total. The second-order valence-corrected chi connectivity index (χ2v) is 7.73. The highest BCUT2D eigenvalue weighted by molar-refractivity contribution is 7.12. The van der Waals surface area contributed by atoms with E-state index in [0.717, 1.165) is 35.6 Å². The minimum absolute atomic E-state index is 0.138. The molecule has 6 heteroatoms. The third-order valence-corrected chi connectivity index (χ3v) is 6.23.